The molecule has 1 spiro atoms. The molecule has 0 bridgehead atoms. The van der Waals surface area contributed by atoms with E-state index in [-0.39, 0.29) is 17.5 Å². The van der Waals surface area contributed by atoms with Gasteiger partial charge in [0.1, 0.15) is 0 Å². The number of anilines is 6. The number of nitrogens with zero attached hydrogens (tertiary/aromatic N) is 2. The molecule has 0 radical (unpaired) electrons. The van der Waals surface area contributed by atoms with Crippen LogP contribution in [-0.4, -0.2) is 6.71 Å². The molecule has 372 valence electrons. The van der Waals surface area contributed by atoms with Crippen LogP contribution >= 0.6 is 11.3 Å². The normalized spacial score (nSPS) is 14.5. The van der Waals surface area contributed by atoms with Gasteiger partial charge in [-0.15, -0.1) is 11.3 Å². The van der Waals surface area contributed by atoms with Crippen molar-refractivity contribution in [3.63, 3.8) is 0 Å². The molecule has 10 aromatic rings. The summed E-state index contributed by atoms with van der Waals surface area (Å²) in [5.41, 5.74) is 30.0. The fraction of sp³-hybridized carbons (Fsp3) is 0.222. The zero-order chi connectivity index (χ0) is 52.3. The van der Waals surface area contributed by atoms with E-state index in [4.69, 9.17) is 0 Å². The Morgan fingerprint density at radius 2 is 1.04 bits per heavy atom. The minimum Gasteiger partial charge on any atom is -0.311 e. The number of hydrogen-bond acceptors (Lipinski definition) is 3. The molecule has 76 heavy (non-hydrogen) atoms. The van der Waals surface area contributed by atoms with Gasteiger partial charge < -0.3 is 9.80 Å². The van der Waals surface area contributed by atoms with Crippen LogP contribution in [0.1, 0.15) is 131 Å². The van der Waals surface area contributed by atoms with Gasteiger partial charge in [-0.25, -0.2) is 0 Å². The van der Waals surface area contributed by atoms with Crippen molar-refractivity contribution in [3.8, 4) is 33.4 Å². The van der Waals surface area contributed by atoms with Crippen LogP contribution in [0.5, 0.6) is 0 Å². The summed E-state index contributed by atoms with van der Waals surface area (Å²) >= 11 is 2.02. The van der Waals surface area contributed by atoms with Crippen molar-refractivity contribution >= 4 is 78.0 Å². The lowest BCUT2D eigenvalue weighted by molar-refractivity contribution is 0.588. The van der Waals surface area contributed by atoms with Gasteiger partial charge >= 0.3 is 0 Å². The Kier molecular flexibility index (Phi) is 10.3. The number of para-hydroxylation sites is 1. The van der Waals surface area contributed by atoms with E-state index in [0.717, 1.165) is 0 Å². The second kappa shape index (κ2) is 16.6. The molecule has 2 aliphatic heterocycles. The maximum atomic E-state index is 2.63. The molecule has 0 amide bonds. The molecule has 3 heterocycles. The lowest BCUT2D eigenvalue weighted by atomic mass is 9.36. The number of benzene rings is 9. The smallest absolute Gasteiger partial charge is 0.264 e. The van der Waals surface area contributed by atoms with Gasteiger partial charge in [-0.2, -0.15) is 0 Å². The predicted octanol–water partition coefficient (Wildman–Crippen LogP) is 18.1. The van der Waals surface area contributed by atoms with E-state index in [1.165, 1.54) is 143 Å². The first kappa shape index (κ1) is 47.1. The molecule has 4 aliphatic rings. The SMILES string of the molecule is Cc1cc2c3c(c1)N(c1ccccc1)c1c(sc4cc5c(cc14)-c1ccc(C(C)(C)C)cc1C51c4ccccc4-c4ccccc41)B3c1ccc(-c3c(C(C)C)cccc3C(C)C)cc1N2c1ccc(C(C)(C)C)cc1. The highest BCUT2D eigenvalue weighted by Crippen LogP contribution is 2.64. The maximum absolute atomic E-state index is 2.63. The van der Waals surface area contributed by atoms with Crippen molar-refractivity contribution in [2.75, 3.05) is 9.80 Å². The van der Waals surface area contributed by atoms with Crippen molar-refractivity contribution in [2.24, 2.45) is 0 Å². The van der Waals surface area contributed by atoms with Crippen LogP contribution in [-0.2, 0) is 16.2 Å². The van der Waals surface area contributed by atoms with Gasteiger partial charge in [0.15, 0.2) is 0 Å². The molecule has 2 nitrogen and oxygen atoms in total. The van der Waals surface area contributed by atoms with Crippen molar-refractivity contribution < 1.29 is 0 Å². The van der Waals surface area contributed by atoms with E-state index >= 15 is 0 Å². The maximum Gasteiger partial charge on any atom is 0.264 e. The number of fused-ring (bicyclic) bond motifs is 16. The Labute approximate surface area is 454 Å². The number of rotatable bonds is 5. The van der Waals surface area contributed by atoms with Gasteiger partial charge in [0.05, 0.1) is 11.1 Å². The Bertz CT molecular complexity index is 3980. The summed E-state index contributed by atoms with van der Waals surface area (Å²) in [5.74, 6) is 0.749. The summed E-state index contributed by atoms with van der Waals surface area (Å²) in [6.07, 6.45) is 0. The van der Waals surface area contributed by atoms with Gasteiger partial charge in [-0.1, -0.05) is 197 Å². The van der Waals surface area contributed by atoms with Crippen molar-refractivity contribution in [1.82, 2.24) is 0 Å². The molecule has 0 unspecified atom stereocenters. The molecule has 0 saturated carbocycles. The van der Waals surface area contributed by atoms with Crippen LogP contribution in [0, 0.1) is 6.92 Å². The first-order chi connectivity index (χ1) is 36.5. The molecule has 0 saturated heterocycles. The van der Waals surface area contributed by atoms with Crippen LogP contribution in [0.2, 0.25) is 0 Å². The zero-order valence-corrected chi connectivity index (χ0v) is 46.7. The van der Waals surface area contributed by atoms with Crippen LogP contribution in [0.4, 0.5) is 34.1 Å². The molecule has 4 heteroatoms. The lowest BCUT2D eigenvalue weighted by Crippen LogP contribution is -2.60. The Morgan fingerprint density at radius 3 is 1.67 bits per heavy atom. The summed E-state index contributed by atoms with van der Waals surface area (Å²) in [7, 11) is 0. The van der Waals surface area contributed by atoms with Gasteiger partial charge in [-0.05, 0) is 179 Å². The van der Waals surface area contributed by atoms with Crippen molar-refractivity contribution in [2.45, 2.75) is 104 Å². The van der Waals surface area contributed by atoms with Gasteiger partial charge in [-0.3, -0.25) is 0 Å². The largest absolute Gasteiger partial charge is 0.311 e. The first-order valence-corrected chi connectivity index (χ1v) is 28.5. The summed E-state index contributed by atoms with van der Waals surface area (Å²) in [5, 5.41) is 1.31. The topological polar surface area (TPSA) is 6.48 Å². The van der Waals surface area contributed by atoms with E-state index in [1.54, 1.807) is 0 Å². The molecule has 9 aromatic carbocycles. The third kappa shape index (κ3) is 6.59. The summed E-state index contributed by atoms with van der Waals surface area (Å²) in [6.45, 7) is 25.7. The third-order valence-electron chi connectivity index (χ3n) is 17.6. The minimum absolute atomic E-state index is 0.00427. The average molecular weight is 1000 g/mol. The fourth-order valence-corrected chi connectivity index (χ4v) is 15.3. The number of aryl methyl sites for hydroxylation is 1. The van der Waals surface area contributed by atoms with E-state index < -0.39 is 5.41 Å². The van der Waals surface area contributed by atoms with E-state index in [0.29, 0.717) is 11.8 Å². The minimum atomic E-state index is -0.456. The van der Waals surface area contributed by atoms with E-state index in [2.05, 4.69) is 268 Å². The number of hydrogen-bond donors (Lipinski definition) is 0. The third-order valence-corrected chi connectivity index (χ3v) is 18.8. The quantitative estimate of drug-likeness (QED) is 0.159. The highest BCUT2D eigenvalue weighted by atomic mass is 32.1. The molecule has 1 aromatic heterocycles. The fourth-order valence-electron chi connectivity index (χ4n) is 14.0. The van der Waals surface area contributed by atoms with E-state index in [1.807, 2.05) is 11.3 Å². The Morgan fingerprint density at radius 1 is 0.474 bits per heavy atom. The average Bonchev–Trinajstić information content (AvgIpc) is 3.85. The molecule has 0 atom stereocenters. The van der Waals surface area contributed by atoms with E-state index in [9.17, 15) is 0 Å². The standard InChI is InChI=1S/C72H65BN2S/c1-42(2)50-24-19-25-51(43(3)4)66(50)45-28-35-61-62(38-45)74(49-32-29-46(30-33-49)70(6,7)8)63-36-44(5)37-64-67(63)73(61)69-68(75(64)48-20-13-12-14-21-48)56-40-55-54-34-31-47(71(9,10)11)39-59(54)72(60(55)41-65(56)76-69)57-26-17-15-22-52(57)53-23-16-18-27-58(53)72/h12-43H,1-11H3. The summed E-state index contributed by atoms with van der Waals surface area (Å²) in [4.78, 5) is 5.24. The molecule has 14 rings (SSSR count). The van der Waals surface area contributed by atoms with Gasteiger partial charge in [0.25, 0.3) is 6.71 Å². The highest BCUT2D eigenvalue weighted by molar-refractivity contribution is 7.33. The van der Waals surface area contributed by atoms with Gasteiger partial charge in [0, 0.05) is 43.3 Å². The molecule has 0 N–H and O–H groups in total. The predicted molar refractivity (Wildman–Crippen MR) is 328 cm³/mol. The van der Waals surface area contributed by atoms with Gasteiger partial charge in [0.2, 0.25) is 0 Å². The molecular formula is C72H65BN2S. The first-order valence-electron chi connectivity index (χ1n) is 27.7. The van der Waals surface area contributed by atoms with Crippen molar-refractivity contribution in [3.05, 3.63) is 232 Å². The second-order valence-corrected chi connectivity index (χ2v) is 26.0. The summed E-state index contributed by atoms with van der Waals surface area (Å²) in [6, 6.07) is 71.2. The van der Waals surface area contributed by atoms with Crippen LogP contribution in [0.15, 0.2) is 182 Å². The molecular weight excluding hydrogens is 936 g/mol. The second-order valence-electron chi connectivity index (χ2n) is 24.9. The Hall–Kier alpha value is -7.40. The summed E-state index contributed by atoms with van der Waals surface area (Å²) < 4.78 is 2.72. The number of thiophene rings is 1. The molecule has 2 aliphatic carbocycles. The molecule has 0 fully saturated rings. The Balaban J connectivity index is 1.08. The zero-order valence-electron chi connectivity index (χ0n) is 45.9. The highest BCUT2D eigenvalue weighted by Gasteiger charge is 2.53. The van der Waals surface area contributed by atoms with Crippen LogP contribution in [0.25, 0.3) is 43.5 Å². The van der Waals surface area contributed by atoms with Crippen LogP contribution < -0.4 is 25.5 Å². The van der Waals surface area contributed by atoms with Crippen molar-refractivity contribution in [1.29, 1.82) is 0 Å². The monoisotopic (exact) mass is 1000 g/mol. The lowest BCUT2D eigenvalue weighted by Gasteiger charge is -2.43. The van der Waals surface area contributed by atoms with Crippen LogP contribution in [0.3, 0.4) is 0 Å².